The first kappa shape index (κ1) is 16.8. The van der Waals surface area contributed by atoms with Crippen molar-refractivity contribution in [2.24, 2.45) is 0 Å². The van der Waals surface area contributed by atoms with Crippen molar-refractivity contribution in [3.8, 4) is 5.75 Å². The van der Waals surface area contributed by atoms with Crippen molar-refractivity contribution in [2.45, 2.75) is 19.1 Å². The first-order valence-electron chi connectivity index (χ1n) is 7.88. The van der Waals surface area contributed by atoms with Crippen molar-refractivity contribution >= 4 is 17.7 Å². The summed E-state index contributed by atoms with van der Waals surface area (Å²) in [7, 11) is 2.85. The number of carbonyl (C=O) groups is 2. The molecular formula is C19H19NO5. The Morgan fingerprint density at radius 3 is 2.56 bits per heavy atom. The van der Waals surface area contributed by atoms with Crippen molar-refractivity contribution in [2.75, 3.05) is 19.1 Å². The van der Waals surface area contributed by atoms with E-state index in [0.717, 1.165) is 11.1 Å². The first-order valence-corrected chi connectivity index (χ1v) is 7.88. The molecule has 0 aliphatic carbocycles. The third-order valence-electron chi connectivity index (χ3n) is 4.15. The van der Waals surface area contributed by atoms with Gasteiger partial charge < -0.3 is 14.2 Å². The van der Waals surface area contributed by atoms with E-state index in [-0.39, 0.29) is 6.61 Å². The minimum atomic E-state index is -0.740. The van der Waals surface area contributed by atoms with Gasteiger partial charge in [0.15, 0.2) is 0 Å². The normalized spacial score (nSPS) is 15.4. The molecule has 0 saturated carbocycles. The zero-order chi connectivity index (χ0) is 17.8. The molecule has 1 aliphatic rings. The molecular weight excluding hydrogens is 322 g/mol. The van der Waals surface area contributed by atoms with E-state index in [1.165, 1.54) is 12.0 Å². The van der Waals surface area contributed by atoms with Crippen LogP contribution in [0.3, 0.4) is 0 Å². The number of methoxy groups -OCH3 is 2. The standard InChI is InChI=1S/C19H19NO5/c1-23-15-9-8-14-10-17(18(21)24-2)20(16(14)11-15)19(22)25-12-13-6-4-3-5-7-13/h3-9,11,17H,10,12H2,1-2H3/t17-/m0/s1. The highest BCUT2D eigenvalue weighted by Gasteiger charge is 2.40. The smallest absolute Gasteiger partial charge is 0.415 e. The molecule has 0 radical (unpaired) electrons. The summed E-state index contributed by atoms with van der Waals surface area (Å²) < 4.78 is 15.5. The average Bonchev–Trinajstić information content (AvgIpc) is 3.04. The van der Waals surface area contributed by atoms with Gasteiger partial charge in [-0.2, -0.15) is 0 Å². The highest BCUT2D eigenvalue weighted by molar-refractivity contribution is 5.99. The summed E-state index contributed by atoms with van der Waals surface area (Å²) >= 11 is 0. The highest BCUT2D eigenvalue weighted by atomic mass is 16.6. The van der Waals surface area contributed by atoms with Gasteiger partial charge in [-0.25, -0.2) is 9.59 Å². The second kappa shape index (κ2) is 7.25. The van der Waals surface area contributed by atoms with Gasteiger partial charge in [0.1, 0.15) is 18.4 Å². The Hall–Kier alpha value is -3.02. The fourth-order valence-electron chi connectivity index (χ4n) is 2.87. The van der Waals surface area contributed by atoms with E-state index in [4.69, 9.17) is 14.2 Å². The van der Waals surface area contributed by atoms with Gasteiger partial charge >= 0.3 is 12.1 Å². The second-order valence-corrected chi connectivity index (χ2v) is 5.65. The van der Waals surface area contributed by atoms with Crippen molar-refractivity contribution in [3.63, 3.8) is 0 Å². The van der Waals surface area contributed by atoms with Crippen molar-refractivity contribution in [3.05, 3.63) is 59.7 Å². The van der Waals surface area contributed by atoms with Crippen LogP contribution < -0.4 is 9.64 Å². The van der Waals surface area contributed by atoms with E-state index < -0.39 is 18.1 Å². The SMILES string of the molecule is COC(=O)[C@@H]1Cc2ccc(OC)cc2N1C(=O)OCc1ccccc1. The second-order valence-electron chi connectivity index (χ2n) is 5.65. The molecule has 1 aliphatic heterocycles. The van der Waals surface area contributed by atoms with Gasteiger partial charge in [-0.15, -0.1) is 0 Å². The summed E-state index contributed by atoms with van der Waals surface area (Å²) in [5.41, 5.74) is 2.34. The van der Waals surface area contributed by atoms with E-state index in [0.29, 0.717) is 17.9 Å². The number of rotatable bonds is 4. The highest BCUT2D eigenvalue weighted by Crippen LogP contribution is 2.36. The molecule has 0 unspecified atom stereocenters. The molecule has 0 spiro atoms. The van der Waals surface area contributed by atoms with E-state index in [1.807, 2.05) is 36.4 Å². The summed E-state index contributed by atoms with van der Waals surface area (Å²) in [6.45, 7) is 0.128. The monoisotopic (exact) mass is 341 g/mol. The van der Waals surface area contributed by atoms with Gasteiger partial charge in [0.2, 0.25) is 0 Å². The van der Waals surface area contributed by atoms with Crippen molar-refractivity contribution in [1.82, 2.24) is 0 Å². The molecule has 2 aromatic carbocycles. The summed E-state index contributed by atoms with van der Waals surface area (Å²) in [5.74, 6) is 0.122. The third-order valence-corrected chi connectivity index (χ3v) is 4.15. The number of ether oxygens (including phenoxy) is 3. The lowest BCUT2D eigenvalue weighted by molar-refractivity contribution is -0.142. The van der Waals surface area contributed by atoms with Gasteiger partial charge in [0.25, 0.3) is 0 Å². The third kappa shape index (κ3) is 3.42. The lowest BCUT2D eigenvalue weighted by atomic mass is 10.1. The van der Waals surface area contributed by atoms with Crippen LogP contribution in [-0.4, -0.2) is 32.3 Å². The molecule has 6 nitrogen and oxygen atoms in total. The lowest BCUT2D eigenvalue weighted by Crippen LogP contribution is -2.43. The minimum Gasteiger partial charge on any atom is -0.497 e. The van der Waals surface area contributed by atoms with Crippen LogP contribution in [-0.2, 0) is 27.3 Å². The Balaban J connectivity index is 1.84. The summed E-state index contributed by atoms with van der Waals surface area (Å²) in [4.78, 5) is 26.1. The number of hydrogen-bond donors (Lipinski definition) is 0. The average molecular weight is 341 g/mol. The fraction of sp³-hybridized carbons (Fsp3) is 0.263. The largest absolute Gasteiger partial charge is 0.497 e. The maximum Gasteiger partial charge on any atom is 0.415 e. The molecule has 1 atom stereocenters. The Labute approximate surface area is 145 Å². The molecule has 1 amide bonds. The Kier molecular flexibility index (Phi) is 4.88. The zero-order valence-corrected chi connectivity index (χ0v) is 14.1. The predicted molar refractivity (Wildman–Crippen MR) is 91.6 cm³/mol. The van der Waals surface area contributed by atoms with Crippen molar-refractivity contribution < 1.29 is 23.8 Å². The molecule has 0 bridgehead atoms. The van der Waals surface area contributed by atoms with Crippen LogP contribution in [0.25, 0.3) is 0 Å². The minimum absolute atomic E-state index is 0.128. The Morgan fingerprint density at radius 2 is 1.88 bits per heavy atom. The zero-order valence-electron chi connectivity index (χ0n) is 14.1. The maximum absolute atomic E-state index is 12.7. The number of fused-ring (bicyclic) bond motifs is 1. The summed E-state index contributed by atoms with van der Waals surface area (Å²) in [6.07, 6.45) is -0.210. The Bertz CT molecular complexity index is 775. The summed E-state index contributed by atoms with van der Waals surface area (Å²) in [6, 6.07) is 14.0. The molecule has 0 saturated heterocycles. The van der Waals surface area contributed by atoms with Crippen LogP contribution in [0.1, 0.15) is 11.1 Å². The topological polar surface area (TPSA) is 65.1 Å². The first-order chi connectivity index (χ1) is 12.1. The van der Waals surface area contributed by atoms with Gasteiger partial charge in [0, 0.05) is 12.5 Å². The van der Waals surface area contributed by atoms with E-state index in [9.17, 15) is 9.59 Å². The molecule has 0 aromatic heterocycles. The van der Waals surface area contributed by atoms with E-state index >= 15 is 0 Å². The molecule has 3 rings (SSSR count). The van der Waals surface area contributed by atoms with Gasteiger partial charge in [-0.3, -0.25) is 4.90 Å². The molecule has 1 heterocycles. The lowest BCUT2D eigenvalue weighted by Gasteiger charge is -2.23. The molecule has 25 heavy (non-hydrogen) atoms. The molecule has 130 valence electrons. The van der Waals surface area contributed by atoms with E-state index in [1.54, 1.807) is 19.2 Å². The molecule has 0 N–H and O–H groups in total. The number of carbonyl (C=O) groups excluding carboxylic acids is 2. The fourth-order valence-corrected chi connectivity index (χ4v) is 2.87. The number of amides is 1. The van der Waals surface area contributed by atoms with Gasteiger partial charge in [0.05, 0.1) is 19.9 Å². The van der Waals surface area contributed by atoms with Crippen molar-refractivity contribution in [1.29, 1.82) is 0 Å². The summed E-state index contributed by atoms with van der Waals surface area (Å²) in [5, 5.41) is 0. The Morgan fingerprint density at radius 1 is 1.12 bits per heavy atom. The van der Waals surface area contributed by atoms with Crippen LogP contribution in [0.15, 0.2) is 48.5 Å². The molecule has 6 heteroatoms. The van der Waals surface area contributed by atoms with Gasteiger partial charge in [-0.05, 0) is 17.2 Å². The van der Waals surface area contributed by atoms with E-state index in [2.05, 4.69) is 0 Å². The number of benzene rings is 2. The number of esters is 1. The number of anilines is 1. The molecule has 0 fully saturated rings. The molecule has 2 aromatic rings. The number of nitrogens with zero attached hydrogens (tertiary/aromatic N) is 1. The number of hydrogen-bond acceptors (Lipinski definition) is 5. The predicted octanol–water partition coefficient (Wildman–Crippen LogP) is 2.94. The van der Waals surface area contributed by atoms with Crippen LogP contribution in [0, 0.1) is 0 Å². The van der Waals surface area contributed by atoms with Crippen LogP contribution in [0.2, 0.25) is 0 Å². The van der Waals surface area contributed by atoms with Crippen LogP contribution >= 0.6 is 0 Å². The maximum atomic E-state index is 12.7. The van der Waals surface area contributed by atoms with Crippen LogP contribution in [0.4, 0.5) is 10.5 Å². The quantitative estimate of drug-likeness (QED) is 0.800. The van der Waals surface area contributed by atoms with Gasteiger partial charge in [-0.1, -0.05) is 36.4 Å². The van der Waals surface area contributed by atoms with Crippen LogP contribution in [0.5, 0.6) is 5.75 Å².